The van der Waals surface area contributed by atoms with E-state index in [1.54, 1.807) is 4.90 Å². The lowest BCUT2D eigenvalue weighted by Crippen LogP contribution is -2.48. The Hall–Kier alpha value is -2.28. The lowest BCUT2D eigenvalue weighted by atomic mass is 10.1. The number of ether oxygens (including phenoxy) is 1. The highest BCUT2D eigenvalue weighted by atomic mass is 16.5. The summed E-state index contributed by atoms with van der Waals surface area (Å²) in [5, 5.41) is 9.22. The van der Waals surface area contributed by atoms with E-state index >= 15 is 0 Å². The van der Waals surface area contributed by atoms with Gasteiger partial charge in [-0.1, -0.05) is 0 Å². The summed E-state index contributed by atoms with van der Waals surface area (Å²) >= 11 is 0. The fourth-order valence-electron chi connectivity index (χ4n) is 3.40. The molecule has 1 saturated carbocycles. The third kappa shape index (κ3) is 3.71. The van der Waals surface area contributed by atoms with Crippen LogP contribution in [-0.2, 0) is 11.3 Å². The molecule has 2 heterocycles. The van der Waals surface area contributed by atoms with E-state index in [2.05, 4.69) is 16.0 Å². The minimum atomic E-state index is -0.355. The summed E-state index contributed by atoms with van der Waals surface area (Å²) in [5.41, 5.74) is 1.75. The Morgan fingerprint density at radius 1 is 1.24 bits per heavy atom. The molecule has 1 unspecified atom stereocenters. The molecule has 25 heavy (non-hydrogen) atoms. The Labute approximate surface area is 147 Å². The number of hydrogen-bond donors (Lipinski definition) is 3. The Kier molecular flexibility index (Phi) is 4.48. The summed E-state index contributed by atoms with van der Waals surface area (Å²) in [5.74, 6) is 0.834. The monoisotopic (exact) mass is 344 g/mol. The van der Waals surface area contributed by atoms with Gasteiger partial charge in [0.2, 0.25) is 5.91 Å². The predicted molar refractivity (Wildman–Crippen MR) is 93.6 cm³/mol. The van der Waals surface area contributed by atoms with E-state index in [0.717, 1.165) is 55.8 Å². The van der Waals surface area contributed by atoms with Gasteiger partial charge in [-0.2, -0.15) is 0 Å². The highest BCUT2D eigenvalue weighted by Crippen LogP contribution is 2.26. The molecule has 1 saturated heterocycles. The van der Waals surface area contributed by atoms with Crippen LogP contribution in [-0.4, -0.2) is 48.6 Å². The summed E-state index contributed by atoms with van der Waals surface area (Å²) in [6, 6.07) is 5.41. The van der Waals surface area contributed by atoms with E-state index in [-0.39, 0.29) is 18.0 Å². The van der Waals surface area contributed by atoms with E-state index < -0.39 is 0 Å². The van der Waals surface area contributed by atoms with Gasteiger partial charge in [0.15, 0.2) is 0 Å². The molecule has 134 valence electrons. The van der Waals surface area contributed by atoms with Crippen molar-refractivity contribution in [3.8, 4) is 5.75 Å². The van der Waals surface area contributed by atoms with Gasteiger partial charge in [0, 0.05) is 36.9 Å². The molecule has 0 spiro atoms. The number of rotatable bonds is 3. The molecule has 2 fully saturated rings. The quantitative estimate of drug-likeness (QED) is 0.775. The second-order valence-corrected chi connectivity index (χ2v) is 6.91. The molecule has 1 atom stereocenters. The first-order valence-corrected chi connectivity index (χ1v) is 9.05. The standard InChI is InChI=1S/C18H24N4O3/c23-17(20-13-3-4-13)15-2-1-8-22(15)18(24)21-14-5-6-16-12(10-14)11-19-7-9-25-16/h5-6,10,13,15,19H,1-4,7-9,11H2,(H,20,23)(H,21,24). The SMILES string of the molecule is O=C(NC1CC1)C1CCCN1C(=O)Nc1ccc2c(c1)CNCCO2. The summed E-state index contributed by atoms with van der Waals surface area (Å²) in [4.78, 5) is 26.6. The highest BCUT2D eigenvalue weighted by Gasteiger charge is 2.36. The van der Waals surface area contributed by atoms with Crippen LogP contribution in [0.2, 0.25) is 0 Å². The molecule has 0 bridgehead atoms. The van der Waals surface area contributed by atoms with Crippen molar-refractivity contribution >= 4 is 17.6 Å². The zero-order valence-corrected chi connectivity index (χ0v) is 14.2. The van der Waals surface area contributed by atoms with Gasteiger partial charge in [-0.25, -0.2) is 4.79 Å². The molecule has 3 amide bonds. The Bertz CT molecular complexity index is 674. The second kappa shape index (κ2) is 6.92. The highest BCUT2D eigenvalue weighted by molar-refractivity contribution is 5.94. The van der Waals surface area contributed by atoms with Crippen molar-refractivity contribution < 1.29 is 14.3 Å². The lowest BCUT2D eigenvalue weighted by molar-refractivity contribution is -0.124. The van der Waals surface area contributed by atoms with Crippen LogP contribution in [0, 0.1) is 0 Å². The molecule has 7 nitrogen and oxygen atoms in total. The largest absolute Gasteiger partial charge is 0.492 e. The molecule has 4 rings (SSSR count). The van der Waals surface area contributed by atoms with Gasteiger partial charge in [0.1, 0.15) is 18.4 Å². The number of benzene rings is 1. The van der Waals surface area contributed by atoms with Crippen LogP contribution in [0.4, 0.5) is 10.5 Å². The van der Waals surface area contributed by atoms with Gasteiger partial charge < -0.3 is 25.6 Å². The first-order valence-electron chi connectivity index (χ1n) is 9.05. The van der Waals surface area contributed by atoms with Crippen LogP contribution < -0.4 is 20.7 Å². The average molecular weight is 344 g/mol. The van der Waals surface area contributed by atoms with Crippen molar-refractivity contribution in [2.45, 2.75) is 44.3 Å². The number of anilines is 1. The van der Waals surface area contributed by atoms with Crippen molar-refractivity contribution in [1.82, 2.24) is 15.5 Å². The maximum atomic E-state index is 12.7. The van der Waals surface area contributed by atoms with Crippen molar-refractivity contribution in [1.29, 1.82) is 0 Å². The minimum absolute atomic E-state index is 0.0188. The number of nitrogens with zero attached hydrogens (tertiary/aromatic N) is 1. The van der Waals surface area contributed by atoms with Crippen LogP contribution >= 0.6 is 0 Å². The normalized spacial score (nSPS) is 22.6. The van der Waals surface area contributed by atoms with E-state index in [1.165, 1.54) is 0 Å². The summed E-state index contributed by atoms with van der Waals surface area (Å²) in [6.07, 6.45) is 3.69. The molecule has 1 aromatic rings. The number of carbonyl (C=O) groups excluding carboxylic acids is 2. The maximum Gasteiger partial charge on any atom is 0.322 e. The number of nitrogens with one attached hydrogen (secondary N) is 3. The average Bonchev–Trinajstić information content (AvgIpc) is 3.32. The minimum Gasteiger partial charge on any atom is -0.492 e. The van der Waals surface area contributed by atoms with E-state index in [0.29, 0.717) is 19.2 Å². The number of hydrogen-bond acceptors (Lipinski definition) is 4. The third-order valence-corrected chi connectivity index (χ3v) is 4.90. The number of amides is 3. The van der Waals surface area contributed by atoms with Gasteiger partial charge in [-0.15, -0.1) is 0 Å². The molecule has 1 aromatic carbocycles. The zero-order valence-electron chi connectivity index (χ0n) is 14.2. The van der Waals surface area contributed by atoms with E-state index in [9.17, 15) is 9.59 Å². The molecule has 1 aliphatic carbocycles. The van der Waals surface area contributed by atoms with E-state index in [1.807, 2.05) is 18.2 Å². The molecule has 3 aliphatic rings. The molecule has 7 heteroatoms. The maximum absolute atomic E-state index is 12.7. The molecular formula is C18H24N4O3. The Morgan fingerprint density at radius 3 is 2.96 bits per heavy atom. The lowest BCUT2D eigenvalue weighted by Gasteiger charge is -2.24. The van der Waals surface area contributed by atoms with Crippen molar-refractivity contribution in [3.05, 3.63) is 23.8 Å². The molecule has 0 radical (unpaired) electrons. The Balaban J connectivity index is 1.42. The van der Waals surface area contributed by atoms with Gasteiger partial charge in [-0.05, 0) is 43.9 Å². The second-order valence-electron chi connectivity index (χ2n) is 6.91. The fraction of sp³-hybridized carbons (Fsp3) is 0.556. The van der Waals surface area contributed by atoms with Gasteiger partial charge in [-0.3, -0.25) is 4.79 Å². The molecule has 3 N–H and O–H groups in total. The van der Waals surface area contributed by atoms with Crippen LogP contribution in [0.15, 0.2) is 18.2 Å². The summed E-state index contributed by atoms with van der Waals surface area (Å²) in [6.45, 7) is 2.78. The molecule has 2 aliphatic heterocycles. The van der Waals surface area contributed by atoms with Gasteiger partial charge in [0.25, 0.3) is 0 Å². The molecular weight excluding hydrogens is 320 g/mol. The zero-order chi connectivity index (χ0) is 17.2. The number of urea groups is 1. The Morgan fingerprint density at radius 2 is 2.12 bits per heavy atom. The van der Waals surface area contributed by atoms with Crippen molar-refractivity contribution in [3.63, 3.8) is 0 Å². The van der Waals surface area contributed by atoms with Crippen molar-refractivity contribution in [2.24, 2.45) is 0 Å². The number of carbonyl (C=O) groups is 2. The topological polar surface area (TPSA) is 82.7 Å². The van der Waals surface area contributed by atoms with Crippen LogP contribution in [0.3, 0.4) is 0 Å². The fourth-order valence-corrected chi connectivity index (χ4v) is 3.40. The summed E-state index contributed by atoms with van der Waals surface area (Å²) < 4.78 is 5.66. The number of likely N-dealkylation sites (tertiary alicyclic amines) is 1. The smallest absolute Gasteiger partial charge is 0.322 e. The van der Waals surface area contributed by atoms with Gasteiger partial charge in [0.05, 0.1) is 0 Å². The van der Waals surface area contributed by atoms with Gasteiger partial charge >= 0.3 is 6.03 Å². The molecule has 0 aromatic heterocycles. The third-order valence-electron chi connectivity index (χ3n) is 4.90. The van der Waals surface area contributed by atoms with Crippen molar-refractivity contribution in [2.75, 3.05) is 25.0 Å². The van der Waals surface area contributed by atoms with Crippen LogP contribution in [0.5, 0.6) is 5.75 Å². The van der Waals surface area contributed by atoms with E-state index in [4.69, 9.17) is 4.74 Å². The first kappa shape index (κ1) is 16.2. The summed E-state index contributed by atoms with van der Waals surface area (Å²) in [7, 11) is 0. The number of fused-ring (bicyclic) bond motifs is 1. The first-order chi connectivity index (χ1) is 12.2. The predicted octanol–water partition coefficient (Wildman–Crippen LogP) is 1.44. The van der Waals surface area contributed by atoms with Crippen LogP contribution in [0.1, 0.15) is 31.2 Å². The van der Waals surface area contributed by atoms with Crippen LogP contribution in [0.25, 0.3) is 0 Å².